The van der Waals surface area contributed by atoms with Crippen LogP contribution in [0.25, 0.3) is 0 Å². The van der Waals surface area contributed by atoms with E-state index in [0.29, 0.717) is 6.61 Å². The van der Waals surface area contributed by atoms with Crippen molar-refractivity contribution in [2.24, 2.45) is 5.92 Å². The Kier molecular flexibility index (Phi) is 8.89. The largest absolute Gasteiger partial charge is 0.491 e. The molecule has 1 aliphatic rings. The zero-order valence-electron chi connectivity index (χ0n) is 15.9. The van der Waals surface area contributed by atoms with E-state index in [2.05, 4.69) is 19.1 Å². The van der Waals surface area contributed by atoms with Crippen molar-refractivity contribution in [1.29, 1.82) is 0 Å². The Morgan fingerprint density at radius 1 is 1.35 bits per heavy atom. The second kappa shape index (κ2) is 11.2. The molecule has 4 atom stereocenters. The van der Waals surface area contributed by atoms with Gasteiger partial charge in [-0.25, -0.2) is 0 Å². The summed E-state index contributed by atoms with van der Waals surface area (Å²) in [6.45, 7) is 4.72. The minimum atomic E-state index is -0.711. The standard InChI is InChI=1S/C22H32O4/c1-3-4-5-6-7-11-20-21(24)16-26-22(20)13-12-18(23)15-25-19-10-8-9-17(2)14-19/h6-10,12-14,18,20-24H,3-5,11,15-16H2,1-2H3/b7-6+,13-12+. The van der Waals surface area contributed by atoms with Crippen LogP contribution >= 0.6 is 0 Å². The molecule has 0 saturated carbocycles. The molecular formula is C22H32O4. The summed E-state index contributed by atoms with van der Waals surface area (Å²) in [6.07, 6.45) is 10.8. The van der Waals surface area contributed by atoms with E-state index in [9.17, 15) is 10.2 Å². The fourth-order valence-electron chi connectivity index (χ4n) is 3.04. The predicted octanol–water partition coefficient (Wildman–Crippen LogP) is 3.80. The molecule has 0 bridgehead atoms. The molecule has 1 aromatic rings. The normalized spacial score (nSPS) is 24.5. The van der Waals surface area contributed by atoms with Crippen LogP contribution in [0.5, 0.6) is 5.75 Å². The fraction of sp³-hybridized carbons (Fsp3) is 0.545. The number of ether oxygens (including phenoxy) is 2. The minimum absolute atomic E-state index is 0.0361. The van der Waals surface area contributed by atoms with Gasteiger partial charge in [0, 0.05) is 5.92 Å². The number of allylic oxidation sites excluding steroid dienone is 2. The molecule has 0 aromatic heterocycles. The summed E-state index contributed by atoms with van der Waals surface area (Å²) in [5.41, 5.74) is 1.12. The third-order valence-electron chi connectivity index (χ3n) is 4.61. The maximum absolute atomic E-state index is 10.1. The van der Waals surface area contributed by atoms with E-state index in [1.807, 2.05) is 37.3 Å². The monoisotopic (exact) mass is 360 g/mol. The van der Waals surface area contributed by atoms with Crippen LogP contribution in [0.4, 0.5) is 0 Å². The number of benzene rings is 1. The molecule has 4 unspecified atom stereocenters. The van der Waals surface area contributed by atoms with Crippen LogP contribution in [0.2, 0.25) is 0 Å². The minimum Gasteiger partial charge on any atom is -0.491 e. The second-order valence-corrected chi connectivity index (χ2v) is 6.96. The van der Waals surface area contributed by atoms with Crippen molar-refractivity contribution in [3.05, 3.63) is 54.1 Å². The summed E-state index contributed by atoms with van der Waals surface area (Å²) in [6, 6.07) is 7.75. The number of hydrogen-bond acceptors (Lipinski definition) is 4. The first-order valence-corrected chi connectivity index (χ1v) is 9.60. The molecule has 1 aromatic carbocycles. The van der Waals surface area contributed by atoms with Crippen molar-refractivity contribution in [1.82, 2.24) is 0 Å². The van der Waals surface area contributed by atoms with Crippen molar-refractivity contribution >= 4 is 0 Å². The van der Waals surface area contributed by atoms with Gasteiger partial charge in [-0.3, -0.25) is 0 Å². The van der Waals surface area contributed by atoms with Gasteiger partial charge >= 0.3 is 0 Å². The molecule has 0 radical (unpaired) electrons. The molecular weight excluding hydrogens is 328 g/mol. The third kappa shape index (κ3) is 6.94. The number of aryl methyl sites for hydroxylation is 1. The summed E-state index contributed by atoms with van der Waals surface area (Å²) in [5.74, 6) is 0.786. The zero-order chi connectivity index (χ0) is 18.8. The third-order valence-corrected chi connectivity index (χ3v) is 4.61. The highest BCUT2D eigenvalue weighted by molar-refractivity contribution is 5.27. The van der Waals surface area contributed by atoms with Gasteiger partial charge in [0.2, 0.25) is 0 Å². The van der Waals surface area contributed by atoms with Gasteiger partial charge in [0.15, 0.2) is 0 Å². The van der Waals surface area contributed by atoms with Gasteiger partial charge in [-0.15, -0.1) is 0 Å². The number of hydrogen-bond donors (Lipinski definition) is 2. The SMILES string of the molecule is CCCC/C=C/CC1C(O)COC1/C=C/C(O)COc1cccc(C)c1. The molecule has 4 nitrogen and oxygen atoms in total. The molecule has 0 spiro atoms. The molecule has 1 heterocycles. The highest BCUT2D eigenvalue weighted by Crippen LogP contribution is 2.26. The van der Waals surface area contributed by atoms with Crippen molar-refractivity contribution in [3.63, 3.8) is 0 Å². The highest BCUT2D eigenvalue weighted by Gasteiger charge is 2.33. The lowest BCUT2D eigenvalue weighted by molar-refractivity contribution is 0.106. The van der Waals surface area contributed by atoms with E-state index in [0.717, 1.165) is 24.2 Å². The first kappa shape index (κ1) is 20.7. The van der Waals surface area contributed by atoms with Crippen molar-refractivity contribution in [3.8, 4) is 5.75 Å². The lowest BCUT2D eigenvalue weighted by atomic mass is 9.94. The first-order chi connectivity index (χ1) is 12.6. The van der Waals surface area contributed by atoms with Crippen LogP contribution < -0.4 is 4.74 Å². The van der Waals surface area contributed by atoms with Crippen LogP contribution in [-0.2, 0) is 4.74 Å². The van der Waals surface area contributed by atoms with Gasteiger partial charge in [0.05, 0.1) is 18.8 Å². The van der Waals surface area contributed by atoms with Crippen molar-refractivity contribution < 1.29 is 19.7 Å². The van der Waals surface area contributed by atoms with Crippen LogP contribution in [0.15, 0.2) is 48.6 Å². The highest BCUT2D eigenvalue weighted by atomic mass is 16.5. The van der Waals surface area contributed by atoms with Gasteiger partial charge in [-0.2, -0.15) is 0 Å². The fourth-order valence-corrected chi connectivity index (χ4v) is 3.04. The lowest BCUT2D eigenvalue weighted by Gasteiger charge is -2.16. The van der Waals surface area contributed by atoms with E-state index in [4.69, 9.17) is 9.47 Å². The van der Waals surface area contributed by atoms with Gasteiger partial charge in [0.1, 0.15) is 18.5 Å². The Morgan fingerprint density at radius 3 is 2.96 bits per heavy atom. The van der Waals surface area contributed by atoms with Crippen LogP contribution in [0.1, 0.15) is 38.2 Å². The number of rotatable bonds is 10. The number of unbranched alkanes of at least 4 members (excludes halogenated alkanes) is 2. The first-order valence-electron chi connectivity index (χ1n) is 9.60. The van der Waals surface area contributed by atoms with Gasteiger partial charge < -0.3 is 19.7 Å². The van der Waals surface area contributed by atoms with Crippen LogP contribution in [-0.4, -0.2) is 41.7 Å². The topological polar surface area (TPSA) is 58.9 Å². The Morgan fingerprint density at radius 2 is 2.19 bits per heavy atom. The quantitative estimate of drug-likeness (QED) is 0.492. The number of aliphatic hydroxyl groups excluding tert-OH is 2. The molecule has 2 N–H and O–H groups in total. The molecule has 1 fully saturated rings. The second-order valence-electron chi connectivity index (χ2n) is 6.96. The van der Waals surface area contributed by atoms with E-state index < -0.39 is 12.2 Å². The summed E-state index contributed by atoms with van der Waals surface area (Å²) in [4.78, 5) is 0. The molecule has 2 rings (SSSR count). The van der Waals surface area contributed by atoms with Gasteiger partial charge in [0.25, 0.3) is 0 Å². The average Bonchev–Trinajstić information content (AvgIpc) is 2.98. The van der Waals surface area contributed by atoms with E-state index in [-0.39, 0.29) is 18.6 Å². The van der Waals surface area contributed by atoms with E-state index in [1.165, 1.54) is 12.8 Å². The van der Waals surface area contributed by atoms with Crippen molar-refractivity contribution in [2.45, 2.75) is 57.8 Å². The Labute approximate surface area is 157 Å². The average molecular weight is 360 g/mol. The molecule has 0 aliphatic carbocycles. The maximum Gasteiger partial charge on any atom is 0.119 e. The summed E-state index contributed by atoms with van der Waals surface area (Å²) in [5, 5.41) is 20.2. The smallest absolute Gasteiger partial charge is 0.119 e. The van der Waals surface area contributed by atoms with E-state index in [1.54, 1.807) is 6.08 Å². The summed E-state index contributed by atoms with van der Waals surface area (Å²) < 4.78 is 11.3. The van der Waals surface area contributed by atoms with Gasteiger partial charge in [-0.05, 0) is 37.5 Å². The van der Waals surface area contributed by atoms with Crippen molar-refractivity contribution in [2.75, 3.05) is 13.2 Å². The van der Waals surface area contributed by atoms with Gasteiger partial charge in [-0.1, -0.05) is 56.2 Å². The van der Waals surface area contributed by atoms with Crippen LogP contribution in [0, 0.1) is 12.8 Å². The van der Waals surface area contributed by atoms with E-state index >= 15 is 0 Å². The molecule has 4 heteroatoms. The summed E-state index contributed by atoms with van der Waals surface area (Å²) in [7, 11) is 0. The predicted molar refractivity (Wildman–Crippen MR) is 104 cm³/mol. The van der Waals surface area contributed by atoms with Crippen LogP contribution in [0.3, 0.4) is 0 Å². The molecule has 1 saturated heterocycles. The Hall–Kier alpha value is -1.62. The molecule has 1 aliphatic heterocycles. The lowest BCUT2D eigenvalue weighted by Crippen LogP contribution is -2.23. The maximum atomic E-state index is 10.1. The molecule has 26 heavy (non-hydrogen) atoms. The summed E-state index contributed by atoms with van der Waals surface area (Å²) >= 11 is 0. The molecule has 144 valence electrons. The number of aliphatic hydroxyl groups is 2. The zero-order valence-corrected chi connectivity index (χ0v) is 15.9. The Bertz CT molecular complexity index is 581. The molecule has 0 amide bonds. The Balaban J connectivity index is 1.79.